The van der Waals surface area contributed by atoms with Crippen LogP contribution in [0.3, 0.4) is 0 Å². The van der Waals surface area contributed by atoms with E-state index in [1.54, 1.807) is 0 Å². The smallest absolute Gasteiger partial charge is 0.171 e. The Morgan fingerprint density at radius 2 is 2.07 bits per heavy atom. The topological polar surface area (TPSA) is 57.4 Å². The molecule has 0 spiro atoms. The molecule has 0 aliphatic carbocycles. The molecule has 0 unspecified atom stereocenters. The zero-order valence-corrected chi connectivity index (χ0v) is 7.36. The highest BCUT2D eigenvalue weighted by Crippen LogP contribution is 2.20. The third-order valence-electron chi connectivity index (χ3n) is 2.20. The van der Waals surface area contributed by atoms with Gasteiger partial charge in [-0.2, -0.15) is 5.10 Å². The second-order valence-corrected chi connectivity index (χ2v) is 3.10. The molecule has 0 radical (unpaired) electrons. The van der Waals surface area contributed by atoms with Crippen molar-refractivity contribution in [1.82, 2.24) is 20.2 Å². The molecule has 0 aliphatic heterocycles. The molecule has 0 aliphatic rings. The number of aromatic amines is 2. The molecule has 0 atom stereocenters. The number of aromatic nitrogens is 4. The number of hydrogen-bond acceptors (Lipinski definition) is 2. The van der Waals surface area contributed by atoms with Crippen LogP contribution in [0.15, 0.2) is 36.7 Å². The Morgan fingerprint density at radius 3 is 2.86 bits per heavy atom. The number of para-hydroxylation sites is 1. The lowest BCUT2D eigenvalue weighted by atomic mass is 10.2. The second kappa shape index (κ2) is 2.70. The molecule has 4 nitrogen and oxygen atoms in total. The molecule has 3 aromatic rings. The maximum absolute atomic E-state index is 4.08. The van der Waals surface area contributed by atoms with Gasteiger partial charge in [0.15, 0.2) is 5.82 Å². The number of nitrogens with zero attached hydrogens (tertiary/aromatic N) is 2. The van der Waals surface area contributed by atoms with E-state index in [2.05, 4.69) is 32.3 Å². The van der Waals surface area contributed by atoms with Crippen molar-refractivity contribution < 1.29 is 0 Å². The molecule has 0 amide bonds. The van der Waals surface area contributed by atoms with Crippen LogP contribution in [-0.4, -0.2) is 20.2 Å². The Hall–Kier alpha value is -2.10. The normalized spacial score (nSPS) is 10.9. The van der Waals surface area contributed by atoms with E-state index in [1.807, 2.05) is 18.2 Å². The van der Waals surface area contributed by atoms with Crippen LogP contribution in [0.2, 0.25) is 0 Å². The standard InChI is InChI=1S/C10H8N4/c1-2-4-8-7(3-1)5-9(13-8)10-11-6-12-14-10/h1-6,13H,(H,11,12,14). The van der Waals surface area contributed by atoms with E-state index in [0.717, 1.165) is 17.0 Å². The van der Waals surface area contributed by atoms with E-state index in [0.29, 0.717) is 0 Å². The van der Waals surface area contributed by atoms with Gasteiger partial charge in [0, 0.05) is 10.9 Å². The molecule has 2 aromatic heterocycles. The molecule has 2 heterocycles. The van der Waals surface area contributed by atoms with Gasteiger partial charge in [0.05, 0.1) is 5.69 Å². The summed E-state index contributed by atoms with van der Waals surface area (Å²) in [6.45, 7) is 0. The van der Waals surface area contributed by atoms with Crippen molar-refractivity contribution in [3.8, 4) is 11.5 Å². The maximum atomic E-state index is 4.08. The van der Waals surface area contributed by atoms with Crippen molar-refractivity contribution in [1.29, 1.82) is 0 Å². The van der Waals surface area contributed by atoms with E-state index in [4.69, 9.17) is 0 Å². The van der Waals surface area contributed by atoms with E-state index >= 15 is 0 Å². The van der Waals surface area contributed by atoms with Crippen LogP contribution in [0.25, 0.3) is 22.4 Å². The van der Waals surface area contributed by atoms with Gasteiger partial charge in [0.2, 0.25) is 0 Å². The first kappa shape index (κ1) is 7.32. The molecule has 4 heteroatoms. The number of nitrogens with one attached hydrogen (secondary N) is 2. The van der Waals surface area contributed by atoms with Gasteiger partial charge in [-0.05, 0) is 12.1 Å². The minimum absolute atomic E-state index is 0.765. The largest absolute Gasteiger partial charge is 0.352 e. The summed E-state index contributed by atoms with van der Waals surface area (Å²) in [4.78, 5) is 7.35. The van der Waals surface area contributed by atoms with Crippen molar-refractivity contribution in [2.45, 2.75) is 0 Å². The monoisotopic (exact) mass is 184 g/mol. The van der Waals surface area contributed by atoms with Gasteiger partial charge in [-0.1, -0.05) is 18.2 Å². The summed E-state index contributed by atoms with van der Waals surface area (Å²) in [5.41, 5.74) is 2.07. The minimum atomic E-state index is 0.765. The minimum Gasteiger partial charge on any atom is -0.352 e. The van der Waals surface area contributed by atoms with Gasteiger partial charge < -0.3 is 4.98 Å². The van der Waals surface area contributed by atoms with Crippen molar-refractivity contribution in [3.63, 3.8) is 0 Å². The van der Waals surface area contributed by atoms with E-state index in [9.17, 15) is 0 Å². The first-order valence-electron chi connectivity index (χ1n) is 4.37. The van der Waals surface area contributed by atoms with Crippen molar-refractivity contribution >= 4 is 10.9 Å². The molecule has 1 aromatic carbocycles. The molecular weight excluding hydrogens is 176 g/mol. The predicted octanol–water partition coefficient (Wildman–Crippen LogP) is 1.95. The van der Waals surface area contributed by atoms with Gasteiger partial charge in [-0.25, -0.2) is 4.98 Å². The van der Waals surface area contributed by atoms with Crippen LogP contribution in [0.5, 0.6) is 0 Å². The summed E-state index contributed by atoms with van der Waals surface area (Å²) in [7, 11) is 0. The quantitative estimate of drug-likeness (QED) is 0.607. The first-order valence-corrected chi connectivity index (χ1v) is 4.37. The Morgan fingerprint density at radius 1 is 1.14 bits per heavy atom. The van der Waals surface area contributed by atoms with Crippen molar-refractivity contribution in [2.75, 3.05) is 0 Å². The number of H-pyrrole nitrogens is 2. The maximum Gasteiger partial charge on any atom is 0.171 e. The summed E-state index contributed by atoms with van der Waals surface area (Å²) in [5, 5.41) is 7.81. The predicted molar refractivity (Wildman–Crippen MR) is 53.7 cm³/mol. The number of benzene rings is 1. The summed E-state index contributed by atoms with van der Waals surface area (Å²) in [5.74, 6) is 0.765. The van der Waals surface area contributed by atoms with Gasteiger partial charge in [-0.3, -0.25) is 5.10 Å². The third kappa shape index (κ3) is 1.01. The van der Waals surface area contributed by atoms with Crippen LogP contribution in [0.4, 0.5) is 0 Å². The van der Waals surface area contributed by atoms with Gasteiger partial charge in [-0.15, -0.1) is 0 Å². The highest BCUT2D eigenvalue weighted by molar-refractivity contribution is 5.84. The molecule has 0 bridgehead atoms. The Labute approximate surface area is 80.0 Å². The van der Waals surface area contributed by atoms with E-state index < -0.39 is 0 Å². The Balaban J connectivity index is 2.24. The highest BCUT2D eigenvalue weighted by Gasteiger charge is 2.03. The van der Waals surface area contributed by atoms with Gasteiger partial charge in [0.25, 0.3) is 0 Å². The summed E-state index contributed by atoms with van der Waals surface area (Å²) >= 11 is 0. The highest BCUT2D eigenvalue weighted by atomic mass is 15.2. The average molecular weight is 184 g/mol. The molecular formula is C10H8N4. The van der Waals surface area contributed by atoms with Crippen LogP contribution >= 0.6 is 0 Å². The van der Waals surface area contributed by atoms with E-state index in [1.165, 1.54) is 11.7 Å². The molecule has 14 heavy (non-hydrogen) atoms. The molecule has 0 fully saturated rings. The Kier molecular flexibility index (Phi) is 1.41. The first-order chi connectivity index (χ1) is 6.93. The fourth-order valence-corrected chi connectivity index (χ4v) is 1.54. The van der Waals surface area contributed by atoms with Gasteiger partial charge in [0.1, 0.15) is 6.33 Å². The lowest BCUT2D eigenvalue weighted by Crippen LogP contribution is -1.78. The van der Waals surface area contributed by atoms with Crippen molar-refractivity contribution in [2.24, 2.45) is 0 Å². The van der Waals surface area contributed by atoms with Crippen LogP contribution in [0, 0.1) is 0 Å². The zero-order chi connectivity index (χ0) is 9.38. The van der Waals surface area contributed by atoms with Crippen LogP contribution < -0.4 is 0 Å². The van der Waals surface area contributed by atoms with E-state index in [-0.39, 0.29) is 0 Å². The summed E-state index contributed by atoms with van der Waals surface area (Å²) in [6.07, 6.45) is 1.50. The molecule has 0 saturated carbocycles. The Bertz CT molecular complexity index is 517. The third-order valence-corrected chi connectivity index (χ3v) is 2.20. The molecule has 2 N–H and O–H groups in total. The molecule has 0 saturated heterocycles. The lowest BCUT2D eigenvalue weighted by molar-refractivity contribution is 1.09. The number of fused-ring (bicyclic) bond motifs is 1. The molecule has 68 valence electrons. The number of hydrogen-bond donors (Lipinski definition) is 2. The van der Waals surface area contributed by atoms with Gasteiger partial charge >= 0.3 is 0 Å². The van der Waals surface area contributed by atoms with Crippen LogP contribution in [0.1, 0.15) is 0 Å². The summed E-state index contributed by atoms with van der Waals surface area (Å²) in [6, 6.07) is 10.2. The second-order valence-electron chi connectivity index (χ2n) is 3.10. The van der Waals surface area contributed by atoms with Crippen molar-refractivity contribution in [3.05, 3.63) is 36.7 Å². The number of rotatable bonds is 1. The molecule has 3 rings (SSSR count). The lowest BCUT2D eigenvalue weighted by Gasteiger charge is -1.86. The SMILES string of the molecule is c1ccc2[nH]c(-c3ncn[nH]3)cc2c1. The zero-order valence-electron chi connectivity index (χ0n) is 7.36. The fraction of sp³-hybridized carbons (Fsp3) is 0. The fourth-order valence-electron chi connectivity index (χ4n) is 1.54. The van der Waals surface area contributed by atoms with Crippen LogP contribution in [-0.2, 0) is 0 Å². The summed E-state index contributed by atoms with van der Waals surface area (Å²) < 4.78 is 0. The average Bonchev–Trinajstić information content (AvgIpc) is 2.86.